The number of benzene rings is 1. The van der Waals surface area contributed by atoms with Gasteiger partial charge in [-0.05, 0) is 54.9 Å². The molecule has 0 saturated carbocycles. The summed E-state index contributed by atoms with van der Waals surface area (Å²) in [6.45, 7) is 0.235. The number of unbranched alkanes of at least 4 members (excludes halogenated alkanes) is 2. The number of rotatable bonds is 8. The van der Waals surface area contributed by atoms with Crippen LogP contribution in [0, 0.1) is 5.82 Å². The van der Waals surface area contributed by atoms with Crippen LogP contribution in [-0.2, 0) is 9.59 Å². The first-order valence-corrected chi connectivity index (χ1v) is 10.1. The number of carbonyl (C=O) groups is 3. The lowest BCUT2D eigenvalue weighted by atomic mass is 10.1. The molecule has 152 valence electrons. The number of imide groups is 1. The predicted molar refractivity (Wildman–Crippen MR) is 108 cm³/mol. The highest BCUT2D eigenvalue weighted by Crippen LogP contribution is 2.34. The maximum atomic E-state index is 14.0. The molecule has 3 rings (SSSR count). The molecule has 0 unspecified atom stereocenters. The van der Waals surface area contributed by atoms with Gasteiger partial charge >= 0.3 is 5.97 Å². The molecule has 2 amide bonds. The second-order valence-corrected chi connectivity index (χ2v) is 7.79. The molecule has 1 aliphatic heterocycles. The Kier molecular flexibility index (Phi) is 6.76. The zero-order valence-electron chi connectivity index (χ0n) is 15.2. The van der Waals surface area contributed by atoms with Crippen molar-refractivity contribution < 1.29 is 28.3 Å². The van der Waals surface area contributed by atoms with Gasteiger partial charge in [-0.1, -0.05) is 18.0 Å². The van der Waals surface area contributed by atoms with Gasteiger partial charge in [0.05, 0.1) is 10.5 Å². The van der Waals surface area contributed by atoms with Gasteiger partial charge in [0.15, 0.2) is 0 Å². The van der Waals surface area contributed by atoms with Crippen LogP contribution in [-0.4, -0.2) is 33.7 Å². The largest absolute Gasteiger partial charge is 0.481 e. The van der Waals surface area contributed by atoms with E-state index in [0.29, 0.717) is 30.0 Å². The molecule has 1 aromatic carbocycles. The first kappa shape index (κ1) is 21.1. The smallest absolute Gasteiger partial charge is 0.303 e. The molecule has 29 heavy (non-hydrogen) atoms. The molecule has 1 fully saturated rings. The van der Waals surface area contributed by atoms with Crippen LogP contribution in [0.25, 0.3) is 17.4 Å². The summed E-state index contributed by atoms with van der Waals surface area (Å²) in [4.78, 5) is 36.4. The van der Waals surface area contributed by atoms with Crippen LogP contribution >= 0.6 is 23.4 Å². The van der Waals surface area contributed by atoms with E-state index in [4.69, 9.17) is 21.1 Å². The zero-order chi connectivity index (χ0) is 21.0. The molecule has 1 saturated heterocycles. The van der Waals surface area contributed by atoms with Crippen molar-refractivity contribution in [3.63, 3.8) is 0 Å². The second-order valence-electron chi connectivity index (χ2n) is 6.36. The molecule has 1 aliphatic rings. The van der Waals surface area contributed by atoms with Crippen molar-refractivity contribution in [1.82, 2.24) is 4.90 Å². The van der Waals surface area contributed by atoms with Gasteiger partial charge in [0, 0.05) is 24.1 Å². The molecule has 9 heteroatoms. The Morgan fingerprint density at radius 1 is 1.21 bits per heavy atom. The summed E-state index contributed by atoms with van der Waals surface area (Å²) in [5.41, 5.74) is 0.201. The van der Waals surface area contributed by atoms with Crippen molar-refractivity contribution >= 4 is 46.6 Å². The Bertz CT molecular complexity index is 987. The van der Waals surface area contributed by atoms with Crippen molar-refractivity contribution in [1.29, 1.82) is 0 Å². The maximum Gasteiger partial charge on any atom is 0.303 e. The number of carboxylic acid groups (broad SMARTS) is 1. The number of halogens is 2. The lowest BCUT2D eigenvalue weighted by Gasteiger charge is -2.11. The maximum absolute atomic E-state index is 14.0. The van der Waals surface area contributed by atoms with Gasteiger partial charge in [-0.15, -0.1) is 0 Å². The van der Waals surface area contributed by atoms with E-state index in [0.717, 1.165) is 16.7 Å². The van der Waals surface area contributed by atoms with E-state index in [-0.39, 0.29) is 34.4 Å². The minimum absolute atomic E-state index is 0.0653. The number of hydrogen-bond acceptors (Lipinski definition) is 5. The third-order valence-electron chi connectivity index (χ3n) is 4.24. The summed E-state index contributed by atoms with van der Waals surface area (Å²) >= 11 is 6.70. The summed E-state index contributed by atoms with van der Waals surface area (Å²) in [6.07, 6.45) is 3.16. The number of furan rings is 1. The van der Waals surface area contributed by atoms with Gasteiger partial charge in [0.25, 0.3) is 11.1 Å². The molecule has 0 atom stereocenters. The molecule has 0 radical (unpaired) electrons. The van der Waals surface area contributed by atoms with Crippen molar-refractivity contribution in [2.24, 2.45) is 0 Å². The van der Waals surface area contributed by atoms with Crippen LogP contribution in [0.2, 0.25) is 5.02 Å². The summed E-state index contributed by atoms with van der Waals surface area (Å²) in [5, 5.41) is 8.60. The lowest BCUT2D eigenvalue weighted by Crippen LogP contribution is -2.29. The third-order valence-corrected chi connectivity index (χ3v) is 5.38. The van der Waals surface area contributed by atoms with Crippen molar-refractivity contribution in [3.8, 4) is 11.3 Å². The van der Waals surface area contributed by atoms with Gasteiger partial charge < -0.3 is 9.52 Å². The first-order valence-electron chi connectivity index (χ1n) is 8.87. The van der Waals surface area contributed by atoms with Crippen LogP contribution in [0.15, 0.2) is 39.7 Å². The third kappa shape index (κ3) is 5.27. The number of carbonyl (C=O) groups excluding carboxylic acids is 2. The van der Waals surface area contributed by atoms with Crippen LogP contribution in [0.5, 0.6) is 0 Å². The predicted octanol–water partition coefficient (Wildman–Crippen LogP) is 5.42. The summed E-state index contributed by atoms with van der Waals surface area (Å²) in [6, 6.07) is 7.25. The monoisotopic (exact) mass is 437 g/mol. The highest BCUT2D eigenvalue weighted by Gasteiger charge is 2.34. The van der Waals surface area contributed by atoms with Gasteiger partial charge in [-0.3, -0.25) is 19.3 Å². The van der Waals surface area contributed by atoms with Crippen molar-refractivity contribution in [3.05, 3.63) is 51.8 Å². The van der Waals surface area contributed by atoms with E-state index in [1.165, 1.54) is 24.3 Å². The lowest BCUT2D eigenvalue weighted by molar-refractivity contribution is -0.137. The van der Waals surface area contributed by atoms with E-state index >= 15 is 0 Å². The summed E-state index contributed by atoms with van der Waals surface area (Å²) in [5.74, 6) is -1.21. The fourth-order valence-corrected chi connectivity index (χ4v) is 3.82. The molecule has 6 nitrogen and oxygen atoms in total. The molecule has 0 spiro atoms. The molecule has 0 aliphatic carbocycles. The topological polar surface area (TPSA) is 87.8 Å². The van der Waals surface area contributed by atoms with Crippen LogP contribution < -0.4 is 0 Å². The minimum atomic E-state index is -0.866. The molecular formula is C20H17ClFNO5S. The number of hydrogen-bond donors (Lipinski definition) is 1. The zero-order valence-corrected chi connectivity index (χ0v) is 16.8. The second kappa shape index (κ2) is 9.28. The number of thioether (sulfide) groups is 1. The quantitative estimate of drug-likeness (QED) is 0.438. The van der Waals surface area contributed by atoms with E-state index in [1.807, 2.05) is 0 Å². The van der Waals surface area contributed by atoms with Crippen LogP contribution in [0.3, 0.4) is 0 Å². The van der Waals surface area contributed by atoms with E-state index < -0.39 is 17.7 Å². The number of amides is 2. The molecular weight excluding hydrogens is 421 g/mol. The summed E-state index contributed by atoms with van der Waals surface area (Å²) < 4.78 is 19.6. The standard InChI is InChI=1S/C20H17ClFNO5S/c21-12-5-7-15(22)14(10-12)16-8-6-13(28-16)11-17-19(26)23(20(27)29-17)9-3-1-2-4-18(24)25/h5-8,10-11H,1-4,9H2,(H,24,25)/b17-11-. The minimum Gasteiger partial charge on any atom is -0.481 e. The fourth-order valence-electron chi connectivity index (χ4n) is 2.81. The Balaban J connectivity index is 1.66. The van der Waals surface area contributed by atoms with Crippen LogP contribution in [0.1, 0.15) is 31.4 Å². The average Bonchev–Trinajstić information content (AvgIpc) is 3.23. The molecule has 2 heterocycles. The van der Waals surface area contributed by atoms with E-state index in [2.05, 4.69) is 0 Å². The highest BCUT2D eigenvalue weighted by molar-refractivity contribution is 8.18. The normalized spacial score (nSPS) is 15.5. The first-order chi connectivity index (χ1) is 13.8. The molecule has 1 N–H and O–H groups in total. The van der Waals surface area contributed by atoms with Gasteiger partial charge in [-0.2, -0.15) is 0 Å². The van der Waals surface area contributed by atoms with Crippen molar-refractivity contribution in [2.45, 2.75) is 25.7 Å². The van der Waals surface area contributed by atoms with Crippen LogP contribution in [0.4, 0.5) is 9.18 Å². The van der Waals surface area contributed by atoms with Gasteiger partial charge in [-0.25, -0.2) is 4.39 Å². The Hall–Kier alpha value is -2.58. The molecule has 2 aromatic rings. The Morgan fingerprint density at radius 2 is 2.00 bits per heavy atom. The van der Waals surface area contributed by atoms with Gasteiger partial charge in [0.1, 0.15) is 17.3 Å². The number of aliphatic carboxylic acids is 1. The average molecular weight is 438 g/mol. The fraction of sp³-hybridized carbons (Fsp3) is 0.250. The molecule has 0 bridgehead atoms. The SMILES string of the molecule is O=C(O)CCCCCN1C(=O)S/C(=C\c2ccc(-c3cc(Cl)ccc3F)o2)C1=O. The van der Waals surface area contributed by atoms with E-state index in [1.54, 1.807) is 12.1 Å². The Labute approximate surface area is 175 Å². The number of nitrogens with zero attached hydrogens (tertiary/aromatic N) is 1. The molecule has 1 aromatic heterocycles. The van der Waals surface area contributed by atoms with Crippen molar-refractivity contribution in [2.75, 3.05) is 6.54 Å². The summed E-state index contributed by atoms with van der Waals surface area (Å²) in [7, 11) is 0. The van der Waals surface area contributed by atoms with Gasteiger partial charge in [0.2, 0.25) is 0 Å². The Morgan fingerprint density at radius 3 is 2.76 bits per heavy atom. The highest BCUT2D eigenvalue weighted by atomic mass is 35.5. The van der Waals surface area contributed by atoms with E-state index in [9.17, 15) is 18.8 Å². The number of carboxylic acids is 1.